The Morgan fingerprint density at radius 1 is 1.19 bits per heavy atom. The van der Waals surface area contributed by atoms with Crippen molar-refractivity contribution in [3.05, 3.63) is 42.7 Å². The molecule has 4 heterocycles. The predicted octanol–water partition coefficient (Wildman–Crippen LogP) is 2.73. The van der Waals surface area contributed by atoms with Crippen LogP contribution in [0, 0.1) is 6.92 Å². The van der Waals surface area contributed by atoms with E-state index in [-0.39, 0.29) is 0 Å². The van der Waals surface area contributed by atoms with Gasteiger partial charge in [-0.05, 0) is 32.8 Å². The molecule has 1 aliphatic rings. The maximum absolute atomic E-state index is 5.60. The van der Waals surface area contributed by atoms with Crippen molar-refractivity contribution in [2.75, 3.05) is 11.9 Å². The SMILES string of the molecule is CCO[C@H]1C[C@@H](Nc2ncc3c(-c4cnc5ncc(C)n5c4)ccn3n2)C1. The minimum absolute atomic E-state index is 0.364. The van der Waals surface area contributed by atoms with Gasteiger partial charge in [0.2, 0.25) is 11.7 Å². The highest BCUT2D eigenvalue weighted by Crippen LogP contribution is 2.27. The highest BCUT2D eigenvalue weighted by molar-refractivity contribution is 5.79. The van der Waals surface area contributed by atoms with E-state index in [0.717, 1.165) is 41.8 Å². The number of nitrogens with one attached hydrogen (secondary N) is 1. The summed E-state index contributed by atoms with van der Waals surface area (Å²) in [5.41, 5.74) is 4.05. The summed E-state index contributed by atoms with van der Waals surface area (Å²) in [4.78, 5) is 13.2. The minimum atomic E-state index is 0.364. The molecule has 5 rings (SSSR count). The Balaban J connectivity index is 1.41. The monoisotopic (exact) mass is 363 g/mol. The van der Waals surface area contributed by atoms with Gasteiger partial charge in [0.15, 0.2) is 0 Å². The van der Waals surface area contributed by atoms with E-state index < -0.39 is 0 Å². The van der Waals surface area contributed by atoms with Crippen molar-refractivity contribution in [3.8, 4) is 11.1 Å². The third kappa shape index (κ3) is 2.82. The number of hydrogen-bond acceptors (Lipinski definition) is 6. The lowest BCUT2D eigenvalue weighted by Gasteiger charge is -2.35. The normalized spacial score (nSPS) is 19.5. The Hall–Kier alpha value is -3.00. The third-order valence-electron chi connectivity index (χ3n) is 5.11. The average Bonchev–Trinajstić information content (AvgIpc) is 3.23. The van der Waals surface area contributed by atoms with Crippen molar-refractivity contribution >= 4 is 17.2 Å². The summed E-state index contributed by atoms with van der Waals surface area (Å²) in [6.45, 7) is 4.81. The zero-order valence-corrected chi connectivity index (χ0v) is 15.3. The van der Waals surface area contributed by atoms with Crippen LogP contribution in [0.3, 0.4) is 0 Å². The number of imidazole rings is 1. The summed E-state index contributed by atoms with van der Waals surface area (Å²) in [5, 5.41) is 7.99. The number of ether oxygens (including phenoxy) is 1. The molecule has 1 N–H and O–H groups in total. The zero-order chi connectivity index (χ0) is 18.4. The van der Waals surface area contributed by atoms with Crippen molar-refractivity contribution in [2.24, 2.45) is 0 Å². The lowest BCUT2D eigenvalue weighted by Crippen LogP contribution is -2.41. The van der Waals surface area contributed by atoms with Crippen LogP contribution in [0.5, 0.6) is 0 Å². The van der Waals surface area contributed by atoms with Gasteiger partial charge in [0.25, 0.3) is 0 Å². The molecule has 0 spiro atoms. The summed E-state index contributed by atoms with van der Waals surface area (Å²) in [7, 11) is 0. The second-order valence-electron chi connectivity index (χ2n) is 6.94. The van der Waals surface area contributed by atoms with Gasteiger partial charge in [-0.1, -0.05) is 0 Å². The van der Waals surface area contributed by atoms with Crippen LogP contribution in [0.25, 0.3) is 22.4 Å². The van der Waals surface area contributed by atoms with Gasteiger partial charge in [-0.2, -0.15) is 0 Å². The minimum Gasteiger partial charge on any atom is -0.378 e. The third-order valence-corrected chi connectivity index (χ3v) is 5.11. The number of rotatable bonds is 5. The molecule has 0 saturated heterocycles. The molecule has 0 aliphatic heterocycles. The molecule has 27 heavy (non-hydrogen) atoms. The Labute approximate surface area is 156 Å². The molecule has 1 aliphatic carbocycles. The Morgan fingerprint density at radius 3 is 2.89 bits per heavy atom. The topological polar surface area (TPSA) is 81.6 Å². The van der Waals surface area contributed by atoms with Crippen molar-refractivity contribution in [3.63, 3.8) is 0 Å². The summed E-state index contributed by atoms with van der Waals surface area (Å²) in [5.74, 6) is 1.34. The molecular weight excluding hydrogens is 342 g/mol. The number of aromatic nitrogens is 6. The summed E-state index contributed by atoms with van der Waals surface area (Å²) in [6.07, 6.45) is 11.9. The molecule has 138 valence electrons. The number of fused-ring (bicyclic) bond motifs is 2. The number of aryl methyl sites for hydroxylation is 1. The largest absolute Gasteiger partial charge is 0.378 e. The fourth-order valence-corrected chi connectivity index (χ4v) is 3.58. The fraction of sp³-hybridized carbons (Fsp3) is 0.368. The summed E-state index contributed by atoms with van der Waals surface area (Å²) >= 11 is 0. The van der Waals surface area contributed by atoms with Crippen LogP contribution in [-0.4, -0.2) is 47.7 Å². The standard InChI is InChI=1S/C19H21N7O/c1-3-27-15-6-14(7-15)23-18-20-10-17-16(4-5-26(17)24-18)13-9-22-19-21-8-12(2)25(19)11-13/h4-5,8-11,14-15H,3,6-7H2,1-2H3,(H,23,24)/t14-,15+. The van der Waals surface area contributed by atoms with Crippen molar-refractivity contribution in [1.29, 1.82) is 0 Å². The first-order valence-electron chi connectivity index (χ1n) is 9.24. The molecule has 0 radical (unpaired) electrons. The molecular formula is C19H21N7O. The van der Waals surface area contributed by atoms with Crippen LogP contribution < -0.4 is 5.32 Å². The highest BCUT2D eigenvalue weighted by Gasteiger charge is 2.30. The van der Waals surface area contributed by atoms with E-state index in [0.29, 0.717) is 23.9 Å². The van der Waals surface area contributed by atoms with Crippen LogP contribution in [0.4, 0.5) is 5.95 Å². The molecule has 1 fully saturated rings. The first-order valence-corrected chi connectivity index (χ1v) is 9.24. The van der Waals surface area contributed by atoms with Gasteiger partial charge >= 0.3 is 0 Å². The lowest BCUT2D eigenvalue weighted by molar-refractivity contribution is 0.00283. The second kappa shape index (κ2) is 6.31. The Bertz CT molecular complexity index is 1110. The fourth-order valence-electron chi connectivity index (χ4n) is 3.58. The maximum Gasteiger partial charge on any atom is 0.241 e. The number of nitrogens with zero attached hydrogens (tertiary/aromatic N) is 6. The molecule has 0 amide bonds. The van der Waals surface area contributed by atoms with E-state index in [1.54, 1.807) is 0 Å². The zero-order valence-electron chi connectivity index (χ0n) is 15.3. The van der Waals surface area contributed by atoms with Crippen LogP contribution >= 0.6 is 0 Å². The van der Waals surface area contributed by atoms with Gasteiger partial charge in [0, 0.05) is 48.1 Å². The summed E-state index contributed by atoms with van der Waals surface area (Å²) in [6, 6.07) is 2.42. The summed E-state index contributed by atoms with van der Waals surface area (Å²) < 4.78 is 9.45. The van der Waals surface area contributed by atoms with Gasteiger partial charge in [-0.3, -0.25) is 4.40 Å². The maximum atomic E-state index is 5.60. The van der Waals surface area contributed by atoms with Crippen molar-refractivity contribution in [1.82, 2.24) is 29.0 Å². The molecule has 4 aromatic rings. The first kappa shape index (κ1) is 16.2. The molecule has 8 nitrogen and oxygen atoms in total. The van der Waals surface area contributed by atoms with Crippen LogP contribution in [0.15, 0.2) is 37.1 Å². The van der Waals surface area contributed by atoms with Gasteiger partial charge in [-0.15, -0.1) is 5.10 Å². The molecule has 0 bridgehead atoms. The average molecular weight is 363 g/mol. The van der Waals surface area contributed by atoms with Crippen molar-refractivity contribution in [2.45, 2.75) is 38.8 Å². The van der Waals surface area contributed by atoms with Gasteiger partial charge in [0.1, 0.15) is 0 Å². The Kier molecular flexibility index (Phi) is 3.78. The highest BCUT2D eigenvalue weighted by atomic mass is 16.5. The first-order chi connectivity index (χ1) is 13.2. The Morgan fingerprint density at radius 2 is 2.04 bits per heavy atom. The predicted molar refractivity (Wildman–Crippen MR) is 102 cm³/mol. The van der Waals surface area contributed by atoms with Crippen LogP contribution in [0.1, 0.15) is 25.5 Å². The smallest absolute Gasteiger partial charge is 0.241 e. The van der Waals surface area contributed by atoms with E-state index in [2.05, 4.69) is 25.4 Å². The van der Waals surface area contributed by atoms with E-state index in [9.17, 15) is 0 Å². The quantitative estimate of drug-likeness (QED) is 0.587. The van der Waals surface area contributed by atoms with E-state index >= 15 is 0 Å². The molecule has 0 unspecified atom stereocenters. The number of anilines is 1. The molecule has 0 atom stereocenters. The van der Waals surface area contributed by atoms with Crippen LogP contribution in [-0.2, 0) is 4.74 Å². The van der Waals surface area contributed by atoms with Gasteiger partial charge in [0.05, 0.1) is 24.0 Å². The molecule has 1 saturated carbocycles. The van der Waals surface area contributed by atoms with E-state index in [4.69, 9.17) is 4.74 Å². The van der Waals surface area contributed by atoms with Gasteiger partial charge < -0.3 is 10.1 Å². The number of hydrogen-bond donors (Lipinski definition) is 1. The lowest BCUT2D eigenvalue weighted by atomic mass is 9.89. The van der Waals surface area contributed by atoms with Gasteiger partial charge in [-0.25, -0.2) is 19.5 Å². The van der Waals surface area contributed by atoms with Crippen LogP contribution in [0.2, 0.25) is 0 Å². The van der Waals surface area contributed by atoms with Crippen molar-refractivity contribution < 1.29 is 4.74 Å². The van der Waals surface area contributed by atoms with E-state index in [1.165, 1.54) is 0 Å². The molecule has 0 aromatic carbocycles. The second-order valence-corrected chi connectivity index (χ2v) is 6.94. The van der Waals surface area contributed by atoms with E-state index in [1.807, 2.05) is 59.8 Å². The molecule has 4 aromatic heterocycles. The molecule has 8 heteroatoms.